The van der Waals surface area contributed by atoms with Crippen LogP contribution < -0.4 is 4.74 Å². The molecule has 0 bridgehead atoms. The highest BCUT2D eigenvalue weighted by Gasteiger charge is 1.88. The third-order valence-corrected chi connectivity index (χ3v) is 1.59. The summed E-state index contributed by atoms with van der Waals surface area (Å²) in [5.74, 6) is 0.863. The minimum absolute atomic E-state index is 0.863. The Morgan fingerprint density at radius 3 is 2.78 bits per heavy atom. The third-order valence-electron chi connectivity index (χ3n) is 0.963. The molecule has 0 aliphatic carbocycles. The first-order valence-corrected chi connectivity index (χ1v) is 3.61. The molecule has 0 heterocycles. The van der Waals surface area contributed by atoms with E-state index >= 15 is 0 Å². The van der Waals surface area contributed by atoms with Gasteiger partial charge >= 0.3 is 0 Å². The van der Waals surface area contributed by atoms with Gasteiger partial charge in [0.15, 0.2) is 0 Å². The Hall–Kier alpha value is -0.250. The maximum absolute atomic E-state index is 4.96. The highest BCUT2D eigenvalue weighted by Crippen LogP contribution is 2.12. The van der Waals surface area contributed by atoms with Gasteiger partial charge in [-0.05, 0) is 46.9 Å². The lowest BCUT2D eigenvalue weighted by Crippen LogP contribution is -1.81. The molecule has 0 aliphatic rings. The number of hydrogen-bond acceptors (Lipinski definition) is 1. The largest absolute Gasteiger partial charge is 0.497 e. The predicted octanol–water partition coefficient (Wildman–Crippen LogP) is 2.10. The van der Waals surface area contributed by atoms with Crippen molar-refractivity contribution in [1.82, 2.24) is 0 Å². The van der Waals surface area contributed by atoms with Crippen LogP contribution in [-0.2, 0) is 0 Å². The van der Waals surface area contributed by atoms with Crippen molar-refractivity contribution < 1.29 is 4.74 Å². The third kappa shape index (κ3) is 1.86. The number of halogens is 1. The summed E-state index contributed by atoms with van der Waals surface area (Å²) in [6, 6.07) is 8.62. The second kappa shape index (κ2) is 3.06. The molecule has 1 radical (unpaired) electrons. The van der Waals surface area contributed by atoms with E-state index in [9.17, 15) is 0 Å². The van der Waals surface area contributed by atoms with Gasteiger partial charge < -0.3 is 4.74 Å². The Morgan fingerprint density at radius 2 is 2.33 bits per heavy atom. The van der Waals surface area contributed by atoms with E-state index in [2.05, 4.69) is 28.7 Å². The number of methoxy groups -OCH3 is 1. The van der Waals surface area contributed by atoms with Crippen LogP contribution in [0.1, 0.15) is 0 Å². The monoisotopic (exact) mass is 233 g/mol. The van der Waals surface area contributed by atoms with E-state index < -0.39 is 0 Å². The minimum Gasteiger partial charge on any atom is -0.497 e. The highest BCUT2D eigenvalue weighted by molar-refractivity contribution is 14.1. The van der Waals surface area contributed by atoms with E-state index in [-0.39, 0.29) is 0 Å². The maximum atomic E-state index is 4.96. The minimum atomic E-state index is 0.863. The van der Waals surface area contributed by atoms with Gasteiger partial charge in [0.2, 0.25) is 0 Å². The van der Waals surface area contributed by atoms with Crippen molar-refractivity contribution in [1.29, 1.82) is 0 Å². The molecule has 0 saturated carbocycles. The number of rotatable bonds is 1. The molecule has 1 aromatic carbocycles. The van der Waals surface area contributed by atoms with Crippen LogP contribution in [0.15, 0.2) is 18.2 Å². The lowest BCUT2D eigenvalue weighted by Gasteiger charge is -1.96. The van der Waals surface area contributed by atoms with Crippen molar-refractivity contribution in [2.24, 2.45) is 0 Å². The van der Waals surface area contributed by atoms with Gasteiger partial charge in [-0.3, -0.25) is 0 Å². The van der Waals surface area contributed by atoms with Crippen LogP contribution in [0.2, 0.25) is 0 Å². The quantitative estimate of drug-likeness (QED) is 0.675. The summed E-state index contributed by atoms with van der Waals surface area (Å²) in [5.41, 5.74) is 0. The van der Waals surface area contributed by atoms with Gasteiger partial charge in [-0.1, -0.05) is 0 Å². The molecule has 0 atom stereocenters. The first kappa shape index (κ1) is 6.86. The van der Waals surface area contributed by atoms with Gasteiger partial charge in [-0.25, -0.2) is 0 Å². The molecule has 0 N–H and O–H groups in total. The zero-order valence-corrected chi connectivity index (χ0v) is 7.18. The number of benzene rings is 1. The normalized spacial score (nSPS) is 9.11. The molecule has 0 fully saturated rings. The zero-order valence-electron chi connectivity index (χ0n) is 5.02. The summed E-state index contributed by atoms with van der Waals surface area (Å²) in [5, 5.41) is 0. The van der Waals surface area contributed by atoms with E-state index in [1.165, 1.54) is 0 Å². The number of ether oxygens (including phenoxy) is 1. The summed E-state index contributed by atoms with van der Waals surface area (Å²) < 4.78 is 6.10. The predicted molar refractivity (Wildman–Crippen MR) is 44.5 cm³/mol. The maximum Gasteiger partial charge on any atom is 0.120 e. The van der Waals surface area contributed by atoms with Crippen LogP contribution in [0.25, 0.3) is 0 Å². The fourth-order valence-corrected chi connectivity index (χ4v) is 1.03. The molecule has 47 valence electrons. The standard InChI is InChI=1S/C7H6IO/c1-9-7-4-2-3-6(8)5-7/h3-5H,1H3. The van der Waals surface area contributed by atoms with Crippen LogP contribution in [0.4, 0.5) is 0 Å². The molecular formula is C7H6IO. The van der Waals surface area contributed by atoms with Gasteiger partial charge in [0.05, 0.1) is 7.11 Å². The van der Waals surface area contributed by atoms with Crippen molar-refractivity contribution in [3.63, 3.8) is 0 Å². The SMILES string of the molecule is COc1c[c]cc(I)c1. The summed E-state index contributed by atoms with van der Waals surface area (Å²) >= 11 is 2.22. The first-order valence-electron chi connectivity index (χ1n) is 2.53. The number of hydrogen-bond donors (Lipinski definition) is 0. The topological polar surface area (TPSA) is 9.23 Å². The van der Waals surface area contributed by atoms with Crippen molar-refractivity contribution in [3.05, 3.63) is 27.8 Å². The summed E-state index contributed by atoms with van der Waals surface area (Å²) in [6.07, 6.45) is 0. The average Bonchev–Trinajstić information content (AvgIpc) is 1.88. The lowest BCUT2D eigenvalue weighted by molar-refractivity contribution is 0.414. The van der Waals surface area contributed by atoms with Crippen LogP contribution in [0, 0.1) is 9.64 Å². The fourth-order valence-electron chi connectivity index (χ4n) is 0.540. The van der Waals surface area contributed by atoms with Gasteiger partial charge in [0.25, 0.3) is 0 Å². The van der Waals surface area contributed by atoms with E-state index in [4.69, 9.17) is 4.74 Å². The molecule has 0 aromatic heterocycles. The highest BCUT2D eigenvalue weighted by atomic mass is 127. The van der Waals surface area contributed by atoms with Crippen LogP contribution in [0.5, 0.6) is 5.75 Å². The molecule has 1 aromatic rings. The van der Waals surface area contributed by atoms with Crippen LogP contribution >= 0.6 is 22.6 Å². The van der Waals surface area contributed by atoms with Gasteiger partial charge in [0.1, 0.15) is 5.75 Å². The molecule has 0 aliphatic heterocycles. The fraction of sp³-hybridized carbons (Fsp3) is 0.143. The Kier molecular flexibility index (Phi) is 2.33. The lowest BCUT2D eigenvalue weighted by atomic mass is 10.3. The van der Waals surface area contributed by atoms with Crippen molar-refractivity contribution in [2.45, 2.75) is 0 Å². The molecule has 9 heavy (non-hydrogen) atoms. The van der Waals surface area contributed by atoms with Crippen molar-refractivity contribution in [2.75, 3.05) is 7.11 Å². The Morgan fingerprint density at radius 1 is 1.56 bits per heavy atom. The zero-order chi connectivity index (χ0) is 6.69. The van der Waals surface area contributed by atoms with E-state index in [1.807, 2.05) is 18.2 Å². The van der Waals surface area contributed by atoms with Crippen molar-refractivity contribution >= 4 is 22.6 Å². The summed E-state index contributed by atoms with van der Waals surface area (Å²) in [6.45, 7) is 0. The van der Waals surface area contributed by atoms with E-state index in [1.54, 1.807) is 7.11 Å². The van der Waals surface area contributed by atoms with Crippen molar-refractivity contribution in [3.8, 4) is 5.75 Å². The second-order valence-corrected chi connectivity index (χ2v) is 2.84. The van der Waals surface area contributed by atoms with E-state index in [0.29, 0.717) is 0 Å². The van der Waals surface area contributed by atoms with Gasteiger partial charge in [0, 0.05) is 3.57 Å². The summed E-state index contributed by atoms with van der Waals surface area (Å²) in [4.78, 5) is 0. The summed E-state index contributed by atoms with van der Waals surface area (Å²) in [7, 11) is 1.65. The van der Waals surface area contributed by atoms with Gasteiger partial charge in [-0.2, -0.15) is 0 Å². The molecule has 0 spiro atoms. The molecular weight excluding hydrogens is 227 g/mol. The second-order valence-electron chi connectivity index (χ2n) is 1.59. The van der Waals surface area contributed by atoms with E-state index in [0.717, 1.165) is 9.32 Å². The molecule has 2 heteroatoms. The Balaban J connectivity index is 2.94. The van der Waals surface area contributed by atoms with Crippen LogP contribution in [0.3, 0.4) is 0 Å². The Bertz CT molecular complexity index is 198. The first-order chi connectivity index (χ1) is 4.33. The Labute approximate surface area is 68.2 Å². The van der Waals surface area contributed by atoms with Crippen LogP contribution in [-0.4, -0.2) is 7.11 Å². The van der Waals surface area contributed by atoms with Gasteiger partial charge in [-0.15, -0.1) is 0 Å². The molecule has 0 saturated heterocycles. The molecule has 1 rings (SSSR count). The molecule has 0 unspecified atom stereocenters. The average molecular weight is 233 g/mol. The molecule has 0 amide bonds. The molecule has 1 nitrogen and oxygen atoms in total. The smallest absolute Gasteiger partial charge is 0.120 e.